The van der Waals surface area contributed by atoms with Gasteiger partial charge >= 0.3 is 29.8 Å². The van der Waals surface area contributed by atoms with E-state index in [4.69, 9.17) is 37.9 Å². The van der Waals surface area contributed by atoms with Crippen molar-refractivity contribution in [3.05, 3.63) is 203 Å². The van der Waals surface area contributed by atoms with Gasteiger partial charge in [0.2, 0.25) is 12.4 Å². The molecular weight excluding hydrogens is 857 g/mol. The highest BCUT2D eigenvalue weighted by Gasteiger charge is 2.56. The molecule has 0 bridgehead atoms. The Morgan fingerprint density at radius 3 is 1.55 bits per heavy atom. The molecule has 6 aromatic rings. The van der Waals surface area contributed by atoms with E-state index in [9.17, 15) is 24.0 Å². The summed E-state index contributed by atoms with van der Waals surface area (Å²) in [5.74, 6) is -2.80. The van der Waals surface area contributed by atoms with Crippen LogP contribution in [0.2, 0.25) is 0 Å². The Morgan fingerprint density at radius 2 is 1.04 bits per heavy atom. The van der Waals surface area contributed by atoms with Crippen molar-refractivity contribution in [1.82, 2.24) is 0 Å². The summed E-state index contributed by atoms with van der Waals surface area (Å²) in [4.78, 5) is 68.0. The maximum Gasteiger partial charge on any atom is 0.338 e. The van der Waals surface area contributed by atoms with Gasteiger partial charge in [0, 0.05) is 13.3 Å². The lowest BCUT2D eigenvalue weighted by molar-refractivity contribution is -0.284. The van der Waals surface area contributed by atoms with Gasteiger partial charge in [-0.3, -0.25) is 4.79 Å². The normalized spacial score (nSPS) is 18.0. The van der Waals surface area contributed by atoms with Crippen molar-refractivity contribution in [3.63, 3.8) is 0 Å². The summed E-state index contributed by atoms with van der Waals surface area (Å²) in [6.45, 7) is 5.33. The average molecular weight is 907 g/mol. The molecule has 0 radical (unpaired) electrons. The molecule has 1 saturated heterocycles. The summed E-state index contributed by atoms with van der Waals surface area (Å²) in [6.07, 6.45) is -7.99. The summed E-state index contributed by atoms with van der Waals surface area (Å²) in [5, 5.41) is 0. The number of rotatable bonds is 18. The molecule has 0 aliphatic carbocycles. The summed E-state index contributed by atoms with van der Waals surface area (Å²) < 4.78 is 49.5. The second-order valence-electron chi connectivity index (χ2n) is 15.7. The standard InChI is InChI=1S/C54H50O13/c1-4-31-60-44-29-26-37(27-30-44)32-43-28-25-38(34-61-36(3)55)33-45(43)63-54-49(66-53(59)42-23-15-8-16-24-42)48(65-52(58)41-21-13-7-14-22-41)47(64-51(57)40-19-11-6-12-20-40)46(67-54)35(2)62-50(56)39-17-9-5-10-18-39/h5-30,33,35,46-49,54H,4,31-32,34H2,1-3H3/t35-,46-,47-,48+,49-,54-/m1/s1. The molecule has 13 heteroatoms. The Labute approximate surface area is 388 Å². The van der Waals surface area contributed by atoms with Gasteiger partial charge < -0.3 is 37.9 Å². The van der Waals surface area contributed by atoms with Crippen LogP contribution >= 0.6 is 0 Å². The fraction of sp³-hybridized carbons (Fsp3) is 0.241. The third-order valence-electron chi connectivity index (χ3n) is 10.7. The minimum atomic E-state index is -1.65. The smallest absolute Gasteiger partial charge is 0.338 e. The molecule has 344 valence electrons. The van der Waals surface area contributed by atoms with Crippen molar-refractivity contribution in [2.75, 3.05) is 6.61 Å². The van der Waals surface area contributed by atoms with Crippen LogP contribution in [-0.2, 0) is 46.2 Å². The number of carbonyl (C=O) groups excluding carboxylic acids is 5. The lowest BCUT2D eigenvalue weighted by Gasteiger charge is -2.45. The van der Waals surface area contributed by atoms with E-state index in [1.165, 1.54) is 26.0 Å². The zero-order valence-electron chi connectivity index (χ0n) is 37.2. The van der Waals surface area contributed by atoms with Gasteiger partial charge in [0.1, 0.15) is 30.3 Å². The van der Waals surface area contributed by atoms with Crippen molar-refractivity contribution in [3.8, 4) is 11.5 Å². The van der Waals surface area contributed by atoms with Crippen LogP contribution in [0.1, 0.15) is 85.3 Å². The van der Waals surface area contributed by atoms with Gasteiger partial charge in [0.15, 0.2) is 12.2 Å². The highest BCUT2D eigenvalue weighted by atomic mass is 16.7. The number of ether oxygens (including phenoxy) is 8. The van der Waals surface area contributed by atoms with Gasteiger partial charge in [-0.1, -0.05) is 104 Å². The molecule has 67 heavy (non-hydrogen) atoms. The largest absolute Gasteiger partial charge is 0.494 e. The molecule has 1 aliphatic rings. The Balaban J connectivity index is 1.35. The molecule has 0 saturated carbocycles. The maximum absolute atomic E-state index is 14.2. The second kappa shape index (κ2) is 22.9. The fourth-order valence-electron chi connectivity index (χ4n) is 7.28. The van der Waals surface area contributed by atoms with Crippen LogP contribution in [0.5, 0.6) is 11.5 Å². The van der Waals surface area contributed by atoms with Crippen LogP contribution in [0, 0.1) is 0 Å². The molecule has 1 fully saturated rings. The number of esters is 5. The van der Waals surface area contributed by atoms with Crippen LogP contribution in [-0.4, -0.2) is 73.3 Å². The minimum Gasteiger partial charge on any atom is -0.494 e. The monoisotopic (exact) mass is 906 g/mol. The number of hydrogen-bond donors (Lipinski definition) is 0. The Hall–Kier alpha value is -7.77. The molecule has 0 N–H and O–H groups in total. The van der Waals surface area contributed by atoms with Crippen LogP contribution < -0.4 is 9.47 Å². The zero-order valence-corrected chi connectivity index (χ0v) is 37.2. The SMILES string of the molecule is CCCOc1ccc(Cc2ccc(COC(C)=O)cc2O[C@@H]2O[C@H]([C@@H](C)OC(=O)c3ccccc3)[C@@H](OC(=O)c3ccccc3)[C@H](OC(=O)c3ccccc3)[C@H]2OC(=O)c2ccccc2)cc1. The van der Waals surface area contributed by atoms with E-state index < -0.39 is 66.7 Å². The summed E-state index contributed by atoms with van der Waals surface area (Å²) in [6, 6.07) is 45.5. The molecule has 13 nitrogen and oxygen atoms in total. The quantitative estimate of drug-likeness (QED) is 0.0594. The molecular formula is C54H50O13. The van der Waals surface area contributed by atoms with Crippen molar-refractivity contribution >= 4 is 29.8 Å². The first kappa shape index (κ1) is 47.2. The third kappa shape index (κ3) is 12.7. The maximum atomic E-state index is 14.2. The number of benzene rings is 6. The van der Waals surface area contributed by atoms with Gasteiger partial charge in [-0.2, -0.15) is 0 Å². The van der Waals surface area contributed by atoms with E-state index in [0.717, 1.165) is 12.0 Å². The first-order valence-corrected chi connectivity index (χ1v) is 21.9. The molecule has 0 aromatic heterocycles. The van der Waals surface area contributed by atoms with E-state index in [1.807, 2.05) is 37.3 Å². The predicted molar refractivity (Wildman–Crippen MR) is 244 cm³/mol. The minimum absolute atomic E-state index is 0.0999. The van der Waals surface area contributed by atoms with E-state index in [2.05, 4.69) is 0 Å². The van der Waals surface area contributed by atoms with Gasteiger partial charge in [0.25, 0.3) is 0 Å². The molecule has 1 aliphatic heterocycles. The first-order valence-electron chi connectivity index (χ1n) is 21.9. The van der Waals surface area contributed by atoms with Gasteiger partial charge in [-0.25, -0.2) is 19.2 Å². The fourth-order valence-corrected chi connectivity index (χ4v) is 7.28. The van der Waals surface area contributed by atoms with E-state index in [1.54, 1.807) is 121 Å². The van der Waals surface area contributed by atoms with Gasteiger partial charge in [-0.15, -0.1) is 0 Å². The topological polar surface area (TPSA) is 159 Å². The summed E-state index contributed by atoms with van der Waals surface area (Å²) in [5.41, 5.74) is 2.75. The highest BCUT2D eigenvalue weighted by molar-refractivity contribution is 5.91. The Morgan fingerprint density at radius 1 is 0.567 bits per heavy atom. The zero-order chi connectivity index (χ0) is 47.1. The van der Waals surface area contributed by atoms with Gasteiger partial charge in [0.05, 0.1) is 28.9 Å². The van der Waals surface area contributed by atoms with Crippen molar-refractivity contribution in [2.24, 2.45) is 0 Å². The average Bonchev–Trinajstić information content (AvgIpc) is 3.36. The molecule has 7 rings (SSSR count). The first-order chi connectivity index (χ1) is 32.6. The predicted octanol–water partition coefficient (Wildman–Crippen LogP) is 9.16. The molecule has 0 spiro atoms. The highest BCUT2D eigenvalue weighted by Crippen LogP contribution is 2.36. The third-order valence-corrected chi connectivity index (χ3v) is 10.7. The van der Waals surface area contributed by atoms with E-state index in [0.29, 0.717) is 29.9 Å². The molecule has 6 aromatic carbocycles. The number of hydrogen-bond acceptors (Lipinski definition) is 13. The second-order valence-corrected chi connectivity index (χ2v) is 15.7. The Bertz CT molecular complexity index is 2590. The van der Waals surface area contributed by atoms with Crippen LogP contribution in [0.25, 0.3) is 0 Å². The molecule has 6 atom stereocenters. The van der Waals surface area contributed by atoms with Crippen LogP contribution in [0.15, 0.2) is 164 Å². The van der Waals surface area contributed by atoms with Gasteiger partial charge in [-0.05, 0) is 96.8 Å². The number of carbonyl (C=O) groups is 5. The van der Waals surface area contributed by atoms with E-state index in [-0.39, 0.29) is 34.6 Å². The van der Waals surface area contributed by atoms with Crippen molar-refractivity contribution in [1.29, 1.82) is 0 Å². The molecule has 0 amide bonds. The molecule has 1 heterocycles. The Kier molecular flexibility index (Phi) is 16.1. The van der Waals surface area contributed by atoms with E-state index >= 15 is 0 Å². The molecule has 0 unspecified atom stereocenters. The summed E-state index contributed by atoms with van der Waals surface area (Å²) in [7, 11) is 0. The lowest BCUT2D eigenvalue weighted by atomic mass is 9.94. The van der Waals surface area contributed by atoms with Crippen molar-refractivity contribution < 1.29 is 61.9 Å². The van der Waals surface area contributed by atoms with Crippen molar-refractivity contribution in [2.45, 2.75) is 77.0 Å². The summed E-state index contributed by atoms with van der Waals surface area (Å²) >= 11 is 0. The van der Waals surface area contributed by atoms with Crippen LogP contribution in [0.3, 0.4) is 0 Å². The lowest BCUT2D eigenvalue weighted by Crippen LogP contribution is -2.65. The van der Waals surface area contributed by atoms with Crippen LogP contribution in [0.4, 0.5) is 0 Å².